The number of allylic oxidation sites excluding steroid dienone is 1. The quantitative estimate of drug-likeness (QED) is 0.750. The molecule has 0 fully saturated rings. The molecule has 2 aromatic heterocycles. The number of carbonyl (C=O) groups excluding carboxylic acids is 1. The van der Waals surface area contributed by atoms with Crippen molar-refractivity contribution in [2.75, 3.05) is 0 Å². The normalized spacial score (nSPS) is 16.7. The lowest BCUT2D eigenvalue weighted by atomic mass is 9.92. The van der Waals surface area contributed by atoms with Crippen LogP contribution in [-0.4, -0.2) is 15.8 Å². The topological polar surface area (TPSA) is 48.6 Å². The average molecular weight is 304 g/mol. The van der Waals surface area contributed by atoms with Gasteiger partial charge in [-0.1, -0.05) is 37.3 Å². The Morgan fingerprint density at radius 2 is 1.91 bits per heavy atom. The smallest absolute Gasteiger partial charge is 0.141 e. The molecule has 3 aromatic rings. The van der Waals surface area contributed by atoms with E-state index in [1.165, 1.54) is 11.3 Å². The van der Waals surface area contributed by atoms with Crippen molar-refractivity contribution in [3.8, 4) is 0 Å². The maximum Gasteiger partial charge on any atom is 0.141 e. The van der Waals surface area contributed by atoms with Crippen molar-refractivity contribution >= 4 is 22.8 Å². The Labute approximate surface area is 135 Å². The van der Waals surface area contributed by atoms with Crippen molar-refractivity contribution in [3.05, 3.63) is 65.1 Å². The molecular formula is C20H20N2O. The second-order valence-electron chi connectivity index (χ2n) is 6.50. The number of fused-ring (bicyclic) bond motifs is 2. The molecule has 0 saturated carbocycles. The van der Waals surface area contributed by atoms with Crippen LogP contribution in [0.1, 0.15) is 29.3 Å². The SMILES string of the molecule is CC1C=Cc2c(CC(=O)Cc3c[nH]c4ccccc34)c[nH]c2C1. The van der Waals surface area contributed by atoms with Gasteiger partial charge in [-0.05, 0) is 35.1 Å². The van der Waals surface area contributed by atoms with Crippen LogP contribution in [-0.2, 0) is 24.1 Å². The van der Waals surface area contributed by atoms with Gasteiger partial charge in [-0.15, -0.1) is 0 Å². The van der Waals surface area contributed by atoms with Crippen LogP contribution in [0.3, 0.4) is 0 Å². The number of Topliss-reactive ketones (excluding diaryl/α,β-unsaturated/α-hetero) is 1. The molecule has 3 heteroatoms. The molecule has 0 radical (unpaired) electrons. The molecule has 0 amide bonds. The van der Waals surface area contributed by atoms with E-state index < -0.39 is 0 Å². The molecule has 23 heavy (non-hydrogen) atoms. The number of hydrogen-bond acceptors (Lipinski definition) is 1. The molecule has 0 aliphatic heterocycles. The standard InChI is InChI=1S/C20H20N2O/c1-13-6-7-18-15(12-22-20(18)8-13)10-16(23)9-14-11-21-19-5-3-2-4-17(14)19/h2-7,11-13,21-22H,8-10H2,1H3. The summed E-state index contributed by atoms with van der Waals surface area (Å²) in [6, 6.07) is 8.12. The Morgan fingerprint density at radius 3 is 2.83 bits per heavy atom. The first-order chi connectivity index (χ1) is 11.2. The Balaban J connectivity index is 1.52. The first kappa shape index (κ1) is 14.1. The van der Waals surface area contributed by atoms with Crippen molar-refractivity contribution in [2.24, 2.45) is 5.92 Å². The van der Waals surface area contributed by atoms with E-state index >= 15 is 0 Å². The maximum atomic E-state index is 12.5. The first-order valence-corrected chi connectivity index (χ1v) is 8.14. The first-order valence-electron chi connectivity index (χ1n) is 8.14. The molecule has 2 heterocycles. The monoisotopic (exact) mass is 304 g/mol. The lowest BCUT2D eigenvalue weighted by Gasteiger charge is -2.12. The van der Waals surface area contributed by atoms with Gasteiger partial charge in [0.25, 0.3) is 0 Å². The zero-order chi connectivity index (χ0) is 15.8. The van der Waals surface area contributed by atoms with Crippen molar-refractivity contribution < 1.29 is 4.79 Å². The summed E-state index contributed by atoms with van der Waals surface area (Å²) >= 11 is 0. The Morgan fingerprint density at radius 1 is 1.13 bits per heavy atom. The van der Waals surface area contributed by atoms with Crippen LogP contribution in [0.15, 0.2) is 42.7 Å². The molecule has 1 aliphatic carbocycles. The van der Waals surface area contributed by atoms with Gasteiger partial charge in [0.2, 0.25) is 0 Å². The van der Waals surface area contributed by atoms with E-state index in [1.54, 1.807) is 0 Å². The third-order valence-corrected chi connectivity index (χ3v) is 4.66. The second kappa shape index (κ2) is 5.58. The lowest BCUT2D eigenvalue weighted by Crippen LogP contribution is -2.08. The summed E-state index contributed by atoms with van der Waals surface area (Å²) in [6.45, 7) is 2.21. The number of aromatic amines is 2. The predicted octanol–water partition coefficient (Wildman–Crippen LogP) is 4.06. The molecule has 1 unspecified atom stereocenters. The molecule has 0 spiro atoms. The van der Waals surface area contributed by atoms with Gasteiger partial charge in [0.05, 0.1) is 0 Å². The number of aromatic nitrogens is 2. The largest absolute Gasteiger partial charge is 0.364 e. The minimum Gasteiger partial charge on any atom is -0.364 e. The van der Waals surface area contributed by atoms with E-state index in [9.17, 15) is 4.79 Å². The molecular weight excluding hydrogens is 284 g/mol. The second-order valence-corrected chi connectivity index (χ2v) is 6.50. The maximum absolute atomic E-state index is 12.5. The number of rotatable bonds is 4. The molecule has 2 N–H and O–H groups in total. The van der Waals surface area contributed by atoms with E-state index in [2.05, 4.69) is 35.1 Å². The van der Waals surface area contributed by atoms with Gasteiger partial charge in [-0.25, -0.2) is 0 Å². The van der Waals surface area contributed by atoms with E-state index in [0.29, 0.717) is 18.8 Å². The zero-order valence-electron chi connectivity index (χ0n) is 13.2. The van der Waals surface area contributed by atoms with Gasteiger partial charge in [0.15, 0.2) is 0 Å². The fraction of sp³-hybridized carbons (Fsp3) is 0.250. The van der Waals surface area contributed by atoms with Crippen molar-refractivity contribution in [3.63, 3.8) is 0 Å². The highest BCUT2D eigenvalue weighted by Crippen LogP contribution is 2.26. The van der Waals surface area contributed by atoms with Gasteiger partial charge >= 0.3 is 0 Å². The van der Waals surface area contributed by atoms with Crippen molar-refractivity contribution in [2.45, 2.75) is 26.2 Å². The number of carbonyl (C=O) groups is 1. The zero-order valence-corrected chi connectivity index (χ0v) is 13.2. The summed E-state index contributed by atoms with van der Waals surface area (Å²) in [5.41, 5.74) is 5.77. The Hall–Kier alpha value is -2.55. The molecule has 1 aromatic carbocycles. The van der Waals surface area contributed by atoms with Crippen LogP contribution in [0.4, 0.5) is 0 Å². The summed E-state index contributed by atoms with van der Waals surface area (Å²) in [5.74, 6) is 0.819. The fourth-order valence-corrected chi connectivity index (χ4v) is 3.46. The summed E-state index contributed by atoms with van der Waals surface area (Å²) in [6.07, 6.45) is 10.3. The highest BCUT2D eigenvalue weighted by molar-refractivity contribution is 5.91. The molecule has 0 bridgehead atoms. The number of benzene rings is 1. The Bertz CT molecular complexity index is 897. The van der Waals surface area contributed by atoms with Crippen LogP contribution < -0.4 is 0 Å². The fourth-order valence-electron chi connectivity index (χ4n) is 3.46. The number of hydrogen-bond donors (Lipinski definition) is 2. The molecule has 1 aliphatic rings. The molecule has 1 atom stereocenters. The van der Waals surface area contributed by atoms with Gasteiger partial charge in [-0.2, -0.15) is 0 Å². The van der Waals surface area contributed by atoms with E-state index in [0.717, 1.165) is 28.5 Å². The number of ketones is 1. The number of para-hydroxylation sites is 1. The van der Waals surface area contributed by atoms with Crippen LogP contribution in [0.25, 0.3) is 17.0 Å². The number of nitrogens with one attached hydrogen (secondary N) is 2. The third kappa shape index (κ3) is 2.63. The molecule has 116 valence electrons. The van der Waals surface area contributed by atoms with Crippen LogP contribution >= 0.6 is 0 Å². The van der Waals surface area contributed by atoms with Gasteiger partial charge in [0, 0.05) is 41.8 Å². The highest BCUT2D eigenvalue weighted by atomic mass is 16.1. The van der Waals surface area contributed by atoms with Gasteiger partial charge in [0.1, 0.15) is 5.78 Å². The van der Waals surface area contributed by atoms with E-state index in [1.807, 2.05) is 30.6 Å². The minimum atomic E-state index is 0.253. The highest BCUT2D eigenvalue weighted by Gasteiger charge is 2.17. The van der Waals surface area contributed by atoms with E-state index in [-0.39, 0.29) is 5.78 Å². The third-order valence-electron chi connectivity index (χ3n) is 4.66. The van der Waals surface area contributed by atoms with Crippen LogP contribution in [0.5, 0.6) is 0 Å². The Kier molecular flexibility index (Phi) is 3.41. The van der Waals surface area contributed by atoms with E-state index in [4.69, 9.17) is 0 Å². The van der Waals surface area contributed by atoms with Gasteiger partial charge < -0.3 is 9.97 Å². The molecule has 3 nitrogen and oxygen atoms in total. The van der Waals surface area contributed by atoms with Crippen molar-refractivity contribution in [1.29, 1.82) is 0 Å². The minimum absolute atomic E-state index is 0.253. The van der Waals surface area contributed by atoms with Crippen molar-refractivity contribution in [1.82, 2.24) is 9.97 Å². The van der Waals surface area contributed by atoms with Gasteiger partial charge in [-0.3, -0.25) is 4.79 Å². The molecule has 4 rings (SSSR count). The summed E-state index contributed by atoms with van der Waals surface area (Å²) < 4.78 is 0. The van der Waals surface area contributed by atoms with Crippen LogP contribution in [0.2, 0.25) is 0 Å². The summed E-state index contributed by atoms with van der Waals surface area (Å²) in [7, 11) is 0. The average Bonchev–Trinajstić information content (AvgIpc) is 3.12. The summed E-state index contributed by atoms with van der Waals surface area (Å²) in [4.78, 5) is 19.1. The number of H-pyrrole nitrogens is 2. The summed E-state index contributed by atoms with van der Waals surface area (Å²) in [5, 5.41) is 1.14. The predicted molar refractivity (Wildman–Crippen MR) is 93.4 cm³/mol. The lowest BCUT2D eigenvalue weighted by molar-refractivity contribution is -0.117. The molecule has 0 saturated heterocycles. The van der Waals surface area contributed by atoms with Crippen LogP contribution in [0, 0.1) is 5.92 Å².